The predicted octanol–water partition coefficient (Wildman–Crippen LogP) is 6.96. The SMILES string of the molecule is C=Cc1cccc(C2CCNCC2)c1.CNc1cc2cc(-c3cncc(NC(C)C)c3)ccc2cn1. The van der Waals surface area contributed by atoms with Crippen LogP contribution in [0.4, 0.5) is 11.5 Å². The van der Waals surface area contributed by atoms with Gasteiger partial charge in [0, 0.05) is 42.6 Å². The summed E-state index contributed by atoms with van der Waals surface area (Å²) < 4.78 is 0. The van der Waals surface area contributed by atoms with Crippen molar-refractivity contribution in [3.63, 3.8) is 0 Å². The summed E-state index contributed by atoms with van der Waals surface area (Å²) in [5.41, 5.74) is 6.01. The highest BCUT2D eigenvalue weighted by atomic mass is 14.9. The molecule has 0 saturated carbocycles. The summed E-state index contributed by atoms with van der Waals surface area (Å²) in [7, 11) is 1.88. The number of aromatic nitrogens is 2. The number of anilines is 2. The summed E-state index contributed by atoms with van der Waals surface area (Å²) >= 11 is 0. The molecule has 0 atom stereocenters. The van der Waals surface area contributed by atoms with Gasteiger partial charge in [-0.25, -0.2) is 4.98 Å². The van der Waals surface area contributed by atoms with Crippen molar-refractivity contribution >= 4 is 28.4 Å². The molecule has 0 unspecified atom stereocenters. The molecule has 5 nitrogen and oxygen atoms in total. The number of pyridine rings is 2. The van der Waals surface area contributed by atoms with Crippen LogP contribution in [0.25, 0.3) is 28.0 Å². The summed E-state index contributed by atoms with van der Waals surface area (Å²) in [5.74, 6) is 1.62. The van der Waals surface area contributed by atoms with Gasteiger partial charge in [-0.1, -0.05) is 49.1 Å². The minimum Gasteiger partial charge on any atom is -0.382 e. The Morgan fingerprint density at radius 2 is 1.78 bits per heavy atom. The lowest BCUT2D eigenvalue weighted by Gasteiger charge is -2.23. The smallest absolute Gasteiger partial charge is 0.126 e. The molecule has 1 aliphatic heterocycles. The summed E-state index contributed by atoms with van der Waals surface area (Å²) in [4.78, 5) is 8.68. The van der Waals surface area contributed by atoms with E-state index in [4.69, 9.17) is 0 Å². The van der Waals surface area contributed by atoms with Crippen LogP contribution in [0.3, 0.4) is 0 Å². The highest BCUT2D eigenvalue weighted by molar-refractivity contribution is 5.88. The van der Waals surface area contributed by atoms with Gasteiger partial charge in [0.15, 0.2) is 0 Å². The van der Waals surface area contributed by atoms with Crippen molar-refractivity contribution in [2.45, 2.75) is 38.6 Å². The Kier molecular flexibility index (Phi) is 8.69. The highest BCUT2D eigenvalue weighted by Gasteiger charge is 2.14. The van der Waals surface area contributed by atoms with Crippen LogP contribution >= 0.6 is 0 Å². The van der Waals surface area contributed by atoms with Gasteiger partial charge < -0.3 is 16.0 Å². The molecule has 5 heteroatoms. The molecule has 186 valence electrons. The predicted molar refractivity (Wildman–Crippen MR) is 155 cm³/mol. The molecular formula is C31H37N5. The van der Waals surface area contributed by atoms with E-state index in [1.54, 1.807) is 0 Å². The number of nitrogens with one attached hydrogen (secondary N) is 3. The van der Waals surface area contributed by atoms with E-state index in [0.29, 0.717) is 6.04 Å². The van der Waals surface area contributed by atoms with Crippen molar-refractivity contribution in [2.24, 2.45) is 0 Å². The second-order valence-electron chi connectivity index (χ2n) is 9.54. The van der Waals surface area contributed by atoms with E-state index >= 15 is 0 Å². The van der Waals surface area contributed by atoms with Gasteiger partial charge in [0.2, 0.25) is 0 Å². The maximum atomic E-state index is 4.34. The van der Waals surface area contributed by atoms with Crippen molar-refractivity contribution in [3.05, 3.63) is 90.9 Å². The molecule has 5 rings (SSSR count). The van der Waals surface area contributed by atoms with Crippen LogP contribution in [0, 0.1) is 0 Å². The Hall–Kier alpha value is -3.70. The molecule has 0 spiro atoms. The van der Waals surface area contributed by atoms with Crippen molar-refractivity contribution in [3.8, 4) is 11.1 Å². The van der Waals surface area contributed by atoms with Crippen molar-refractivity contribution in [2.75, 3.05) is 30.8 Å². The molecule has 0 amide bonds. The molecule has 0 radical (unpaired) electrons. The third-order valence-corrected chi connectivity index (χ3v) is 6.46. The molecule has 1 saturated heterocycles. The van der Waals surface area contributed by atoms with Gasteiger partial charge in [-0.2, -0.15) is 0 Å². The molecule has 0 bridgehead atoms. The first-order chi connectivity index (χ1) is 17.6. The van der Waals surface area contributed by atoms with E-state index in [9.17, 15) is 0 Å². The number of nitrogens with zero attached hydrogens (tertiary/aromatic N) is 2. The number of benzene rings is 2. The van der Waals surface area contributed by atoms with Crippen LogP contribution in [-0.2, 0) is 0 Å². The summed E-state index contributed by atoms with van der Waals surface area (Å²) in [5, 5.41) is 12.2. The fourth-order valence-corrected chi connectivity index (χ4v) is 4.56. The largest absolute Gasteiger partial charge is 0.382 e. The van der Waals surface area contributed by atoms with Gasteiger partial charge in [0.25, 0.3) is 0 Å². The van der Waals surface area contributed by atoms with Crippen LogP contribution in [-0.4, -0.2) is 36.1 Å². The summed E-state index contributed by atoms with van der Waals surface area (Å²) in [6.07, 6.45) is 10.1. The van der Waals surface area contributed by atoms with Gasteiger partial charge >= 0.3 is 0 Å². The number of hydrogen-bond acceptors (Lipinski definition) is 5. The highest BCUT2D eigenvalue weighted by Crippen LogP contribution is 2.27. The minimum atomic E-state index is 0.387. The zero-order valence-corrected chi connectivity index (χ0v) is 21.6. The van der Waals surface area contributed by atoms with Gasteiger partial charge in [-0.3, -0.25) is 4.98 Å². The molecule has 2 aromatic carbocycles. The Morgan fingerprint density at radius 1 is 0.944 bits per heavy atom. The average Bonchev–Trinajstić information content (AvgIpc) is 2.93. The first kappa shape index (κ1) is 25.4. The lowest BCUT2D eigenvalue weighted by Crippen LogP contribution is -2.26. The van der Waals surface area contributed by atoms with E-state index in [2.05, 4.69) is 101 Å². The van der Waals surface area contributed by atoms with Gasteiger partial charge in [0.1, 0.15) is 5.82 Å². The maximum absolute atomic E-state index is 4.34. The van der Waals surface area contributed by atoms with E-state index in [1.165, 1.54) is 29.4 Å². The second kappa shape index (κ2) is 12.3. The topological polar surface area (TPSA) is 61.9 Å². The monoisotopic (exact) mass is 479 g/mol. The van der Waals surface area contributed by atoms with Crippen molar-refractivity contribution in [1.29, 1.82) is 0 Å². The van der Waals surface area contributed by atoms with E-state index in [1.807, 2.05) is 31.7 Å². The lowest BCUT2D eigenvalue weighted by atomic mass is 9.89. The Bertz CT molecular complexity index is 1290. The lowest BCUT2D eigenvalue weighted by molar-refractivity contribution is 0.460. The molecule has 3 heterocycles. The van der Waals surface area contributed by atoms with Crippen molar-refractivity contribution < 1.29 is 0 Å². The normalized spacial score (nSPS) is 13.7. The van der Waals surface area contributed by atoms with E-state index in [0.717, 1.165) is 47.0 Å². The molecule has 1 fully saturated rings. The molecule has 1 aliphatic rings. The number of rotatable bonds is 6. The van der Waals surface area contributed by atoms with Crippen molar-refractivity contribution in [1.82, 2.24) is 15.3 Å². The summed E-state index contributed by atoms with van der Waals surface area (Å²) in [6.45, 7) is 10.4. The molecular weight excluding hydrogens is 442 g/mol. The van der Waals surface area contributed by atoms with Crippen LogP contribution in [0.2, 0.25) is 0 Å². The standard InChI is InChI=1S/C18H20N4.C13H17N/c1-12(2)22-17-7-16(9-20-11-17)13-4-5-14-10-21-18(19-3)8-15(14)6-13;1-2-11-4-3-5-13(10-11)12-6-8-14-9-7-12/h4-12,22H,1-3H3,(H,19,21);2-5,10,12,14H,1,6-9H2. The average molecular weight is 480 g/mol. The van der Waals surface area contributed by atoms with E-state index in [-0.39, 0.29) is 0 Å². The minimum absolute atomic E-state index is 0.387. The zero-order chi connectivity index (χ0) is 25.3. The Balaban J connectivity index is 0.000000187. The van der Waals surface area contributed by atoms with Gasteiger partial charge in [-0.15, -0.1) is 0 Å². The van der Waals surface area contributed by atoms with Crippen LogP contribution in [0.5, 0.6) is 0 Å². The third kappa shape index (κ3) is 6.70. The van der Waals surface area contributed by atoms with E-state index < -0.39 is 0 Å². The molecule has 3 N–H and O–H groups in total. The molecule has 2 aromatic heterocycles. The Labute approximate surface area is 215 Å². The fraction of sp³-hybridized carbons (Fsp3) is 0.290. The number of piperidine rings is 1. The fourth-order valence-electron chi connectivity index (χ4n) is 4.56. The molecule has 36 heavy (non-hydrogen) atoms. The maximum Gasteiger partial charge on any atom is 0.126 e. The first-order valence-corrected chi connectivity index (χ1v) is 12.8. The molecule has 4 aromatic rings. The first-order valence-electron chi connectivity index (χ1n) is 12.8. The number of hydrogen-bond donors (Lipinski definition) is 3. The number of fused-ring (bicyclic) bond motifs is 1. The van der Waals surface area contributed by atoms with Crippen LogP contribution in [0.1, 0.15) is 43.7 Å². The van der Waals surface area contributed by atoms with Crippen LogP contribution in [0.15, 0.2) is 79.8 Å². The Morgan fingerprint density at radius 3 is 2.53 bits per heavy atom. The summed E-state index contributed by atoms with van der Waals surface area (Å²) in [6, 6.07) is 19.7. The second-order valence-corrected chi connectivity index (χ2v) is 9.54. The van der Waals surface area contributed by atoms with Gasteiger partial charge in [-0.05, 0) is 86.0 Å². The quantitative estimate of drug-likeness (QED) is 0.279. The van der Waals surface area contributed by atoms with Gasteiger partial charge in [0.05, 0.1) is 5.69 Å². The molecule has 0 aliphatic carbocycles. The van der Waals surface area contributed by atoms with Crippen LogP contribution < -0.4 is 16.0 Å². The zero-order valence-electron chi connectivity index (χ0n) is 21.6. The third-order valence-electron chi connectivity index (χ3n) is 6.46.